The van der Waals surface area contributed by atoms with E-state index in [0.29, 0.717) is 6.61 Å². The van der Waals surface area contributed by atoms with Crippen LogP contribution >= 0.6 is 11.9 Å². The molecule has 0 saturated carbocycles. The molecule has 1 aliphatic heterocycles. The molecule has 1 heterocycles. The zero-order valence-corrected chi connectivity index (χ0v) is 12.8. The van der Waals surface area contributed by atoms with E-state index >= 15 is 0 Å². The molecule has 0 atom stereocenters. The van der Waals surface area contributed by atoms with Gasteiger partial charge in [-0.25, -0.2) is 4.31 Å². The van der Waals surface area contributed by atoms with Crippen LogP contribution in [0.3, 0.4) is 0 Å². The summed E-state index contributed by atoms with van der Waals surface area (Å²) in [5.74, 6) is 0.920. The van der Waals surface area contributed by atoms with Crippen LogP contribution < -0.4 is 10.1 Å². The first-order valence-corrected chi connectivity index (χ1v) is 8.08. The van der Waals surface area contributed by atoms with Crippen LogP contribution in [0.15, 0.2) is 59.5 Å². The van der Waals surface area contributed by atoms with Gasteiger partial charge in [0.2, 0.25) is 0 Å². The van der Waals surface area contributed by atoms with Crippen LogP contribution in [0.4, 0.5) is 0 Å². The van der Waals surface area contributed by atoms with Crippen molar-refractivity contribution in [2.24, 2.45) is 0 Å². The fourth-order valence-corrected chi connectivity index (χ4v) is 3.14. The van der Waals surface area contributed by atoms with E-state index in [4.69, 9.17) is 4.74 Å². The first-order chi connectivity index (χ1) is 10.4. The molecule has 3 nitrogen and oxygen atoms in total. The summed E-state index contributed by atoms with van der Waals surface area (Å²) < 4.78 is 8.20. The number of rotatable bonds is 5. The second kappa shape index (κ2) is 7.50. The molecule has 1 saturated heterocycles. The second-order valence-electron chi connectivity index (χ2n) is 5.02. The Labute approximate surface area is 130 Å². The van der Waals surface area contributed by atoms with Crippen molar-refractivity contribution in [1.82, 2.24) is 9.62 Å². The molecule has 2 aromatic carbocycles. The Bertz CT molecular complexity index is 538. The third-order valence-electron chi connectivity index (χ3n) is 3.38. The standard InChI is InChI=1S/C17H20N2OS/c1-2-4-15(5-3-1)14-20-16-6-8-17(9-7-16)21-19-12-10-18-11-13-19/h1-9,18H,10-14H2. The molecule has 0 unspecified atom stereocenters. The number of hydrogen-bond acceptors (Lipinski definition) is 4. The highest BCUT2D eigenvalue weighted by Crippen LogP contribution is 2.25. The lowest BCUT2D eigenvalue weighted by Gasteiger charge is -2.25. The summed E-state index contributed by atoms with van der Waals surface area (Å²) in [4.78, 5) is 1.27. The largest absolute Gasteiger partial charge is 0.489 e. The third kappa shape index (κ3) is 4.49. The van der Waals surface area contributed by atoms with E-state index in [0.717, 1.165) is 31.9 Å². The molecule has 0 bridgehead atoms. The van der Waals surface area contributed by atoms with Crippen molar-refractivity contribution in [3.05, 3.63) is 60.2 Å². The number of hydrogen-bond donors (Lipinski definition) is 1. The van der Waals surface area contributed by atoms with Crippen LogP contribution in [0, 0.1) is 0 Å². The van der Waals surface area contributed by atoms with Gasteiger partial charge >= 0.3 is 0 Å². The highest BCUT2D eigenvalue weighted by Gasteiger charge is 2.10. The highest BCUT2D eigenvalue weighted by atomic mass is 32.2. The molecule has 1 N–H and O–H groups in total. The SMILES string of the molecule is c1ccc(COc2ccc(SN3CCNCC3)cc2)cc1. The fourth-order valence-electron chi connectivity index (χ4n) is 2.22. The van der Waals surface area contributed by atoms with Crippen LogP contribution in [0.5, 0.6) is 5.75 Å². The molecule has 0 amide bonds. The zero-order valence-electron chi connectivity index (χ0n) is 12.0. The Kier molecular flexibility index (Phi) is 5.16. The minimum absolute atomic E-state index is 0.616. The lowest BCUT2D eigenvalue weighted by molar-refractivity contribution is 0.306. The predicted molar refractivity (Wildman–Crippen MR) is 87.5 cm³/mol. The maximum Gasteiger partial charge on any atom is 0.119 e. The molecule has 21 heavy (non-hydrogen) atoms. The maximum atomic E-state index is 5.80. The minimum atomic E-state index is 0.616. The number of ether oxygens (including phenoxy) is 1. The smallest absolute Gasteiger partial charge is 0.119 e. The van der Waals surface area contributed by atoms with Gasteiger partial charge in [-0.15, -0.1) is 0 Å². The van der Waals surface area contributed by atoms with Crippen molar-refractivity contribution in [2.75, 3.05) is 26.2 Å². The molecule has 1 fully saturated rings. The van der Waals surface area contributed by atoms with Crippen LogP contribution in [-0.2, 0) is 6.61 Å². The predicted octanol–water partition coefficient (Wildman–Crippen LogP) is 3.18. The first-order valence-electron chi connectivity index (χ1n) is 7.30. The molecule has 0 aromatic heterocycles. The van der Waals surface area contributed by atoms with Gasteiger partial charge in [-0.2, -0.15) is 0 Å². The maximum absolute atomic E-state index is 5.80. The summed E-state index contributed by atoms with van der Waals surface area (Å²) in [6.07, 6.45) is 0. The quantitative estimate of drug-likeness (QED) is 0.857. The summed E-state index contributed by atoms with van der Waals surface area (Å²) in [5, 5.41) is 3.37. The summed E-state index contributed by atoms with van der Waals surface area (Å²) in [6, 6.07) is 18.6. The molecule has 0 radical (unpaired) electrons. The molecular formula is C17H20N2OS. The molecule has 4 heteroatoms. The summed E-state index contributed by atoms with van der Waals surface area (Å²) in [7, 11) is 0. The highest BCUT2D eigenvalue weighted by molar-refractivity contribution is 7.97. The monoisotopic (exact) mass is 300 g/mol. The fraction of sp³-hybridized carbons (Fsp3) is 0.294. The van der Waals surface area contributed by atoms with E-state index in [1.54, 1.807) is 0 Å². The van der Waals surface area contributed by atoms with Gasteiger partial charge in [0, 0.05) is 31.1 Å². The van der Waals surface area contributed by atoms with Crippen molar-refractivity contribution in [3.8, 4) is 5.75 Å². The van der Waals surface area contributed by atoms with Gasteiger partial charge in [0.15, 0.2) is 0 Å². The Balaban J connectivity index is 1.51. The molecule has 2 aromatic rings. The lowest BCUT2D eigenvalue weighted by Crippen LogP contribution is -2.39. The van der Waals surface area contributed by atoms with Crippen LogP contribution in [0.2, 0.25) is 0 Å². The Morgan fingerprint density at radius 1 is 0.952 bits per heavy atom. The average Bonchev–Trinajstić information content (AvgIpc) is 2.56. The van der Waals surface area contributed by atoms with Gasteiger partial charge in [-0.3, -0.25) is 0 Å². The molecule has 3 rings (SSSR count). The van der Waals surface area contributed by atoms with Crippen molar-refractivity contribution >= 4 is 11.9 Å². The molecule has 0 spiro atoms. The van der Waals surface area contributed by atoms with Crippen LogP contribution in [-0.4, -0.2) is 30.5 Å². The number of benzene rings is 2. The van der Waals surface area contributed by atoms with E-state index in [1.807, 2.05) is 42.3 Å². The number of nitrogens with zero attached hydrogens (tertiary/aromatic N) is 1. The summed E-state index contributed by atoms with van der Waals surface area (Å²) >= 11 is 1.83. The molecule has 110 valence electrons. The van der Waals surface area contributed by atoms with Crippen molar-refractivity contribution in [2.45, 2.75) is 11.5 Å². The second-order valence-corrected chi connectivity index (χ2v) is 6.19. The van der Waals surface area contributed by atoms with Gasteiger partial charge < -0.3 is 10.1 Å². The van der Waals surface area contributed by atoms with Crippen LogP contribution in [0.1, 0.15) is 5.56 Å². The van der Waals surface area contributed by atoms with Gasteiger partial charge in [-0.1, -0.05) is 30.3 Å². The van der Waals surface area contributed by atoms with Crippen molar-refractivity contribution < 1.29 is 4.74 Å². The first kappa shape index (κ1) is 14.4. The van der Waals surface area contributed by atoms with Gasteiger partial charge in [0.1, 0.15) is 12.4 Å². The van der Waals surface area contributed by atoms with E-state index in [1.165, 1.54) is 10.5 Å². The van der Waals surface area contributed by atoms with Crippen LogP contribution in [0.25, 0.3) is 0 Å². The van der Waals surface area contributed by atoms with Crippen molar-refractivity contribution in [1.29, 1.82) is 0 Å². The Hall–Kier alpha value is -1.49. The molecule has 1 aliphatic rings. The van der Waals surface area contributed by atoms with Gasteiger partial charge in [0.05, 0.1) is 0 Å². The number of nitrogens with one attached hydrogen (secondary N) is 1. The number of piperazine rings is 1. The van der Waals surface area contributed by atoms with Gasteiger partial charge in [-0.05, 0) is 41.8 Å². The van der Waals surface area contributed by atoms with Gasteiger partial charge in [0.25, 0.3) is 0 Å². The third-order valence-corrected chi connectivity index (χ3v) is 4.49. The minimum Gasteiger partial charge on any atom is -0.489 e. The molecular weight excluding hydrogens is 280 g/mol. The molecule has 0 aliphatic carbocycles. The summed E-state index contributed by atoms with van der Waals surface area (Å²) in [6.45, 7) is 4.95. The Morgan fingerprint density at radius 3 is 2.38 bits per heavy atom. The van der Waals surface area contributed by atoms with E-state index in [9.17, 15) is 0 Å². The van der Waals surface area contributed by atoms with E-state index in [2.05, 4.69) is 33.9 Å². The lowest BCUT2D eigenvalue weighted by atomic mass is 10.2. The van der Waals surface area contributed by atoms with E-state index in [-0.39, 0.29) is 0 Å². The Morgan fingerprint density at radius 2 is 1.67 bits per heavy atom. The topological polar surface area (TPSA) is 24.5 Å². The average molecular weight is 300 g/mol. The summed E-state index contributed by atoms with van der Waals surface area (Å²) in [5.41, 5.74) is 1.19. The zero-order chi connectivity index (χ0) is 14.3. The normalized spacial score (nSPS) is 15.8. The van der Waals surface area contributed by atoms with Crippen molar-refractivity contribution in [3.63, 3.8) is 0 Å². The van der Waals surface area contributed by atoms with E-state index < -0.39 is 0 Å².